The molecule has 0 aromatic heterocycles. The second-order valence-electron chi connectivity index (χ2n) is 8.97. The van der Waals surface area contributed by atoms with E-state index in [1.54, 1.807) is 0 Å². The van der Waals surface area contributed by atoms with E-state index in [2.05, 4.69) is 10.2 Å². The van der Waals surface area contributed by atoms with Crippen LogP contribution in [0.1, 0.15) is 51.9 Å². The van der Waals surface area contributed by atoms with Crippen molar-refractivity contribution in [2.75, 3.05) is 29.9 Å². The van der Waals surface area contributed by atoms with E-state index in [0.29, 0.717) is 18.5 Å². The average Bonchev–Trinajstić information content (AvgIpc) is 3.08. The van der Waals surface area contributed by atoms with Gasteiger partial charge in [-0.05, 0) is 63.3 Å². The van der Waals surface area contributed by atoms with Crippen LogP contribution in [0.25, 0.3) is 0 Å². The number of carbonyl (C=O) groups excluding carboxylic acids is 4. The van der Waals surface area contributed by atoms with Gasteiger partial charge in [0.15, 0.2) is 6.61 Å². The number of piperidine rings is 1. The monoisotopic (exact) mass is 441 g/mol. The van der Waals surface area contributed by atoms with E-state index < -0.39 is 24.5 Å². The van der Waals surface area contributed by atoms with Crippen molar-refractivity contribution in [2.45, 2.75) is 57.9 Å². The van der Waals surface area contributed by atoms with E-state index in [1.165, 1.54) is 26.2 Å². The highest BCUT2D eigenvalue weighted by molar-refractivity contribution is 6.08. The molecule has 8 nitrogen and oxygen atoms in total. The fraction of sp³-hybridized carbons (Fsp3) is 0.583. The zero-order valence-corrected chi connectivity index (χ0v) is 18.5. The molecule has 32 heavy (non-hydrogen) atoms. The Morgan fingerprint density at radius 1 is 0.969 bits per heavy atom. The molecule has 1 aromatic rings. The Hall–Kier alpha value is -2.90. The lowest BCUT2D eigenvalue weighted by molar-refractivity contribution is -0.159. The molecule has 0 radical (unpaired) electrons. The number of carbonyl (C=O) groups is 4. The Balaban J connectivity index is 1.27. The minimum Gasteiger partial charge on any atom is -0.454 e. The fourth-order valence-corrected chi connectivity index (χ4v) is 5.04. The molecule has 0 spiro atoms. The molecule has 2 heterocycles. The molecule has 4 rings (SSSR count). The van der Waals surface area contributed by atoms with Gasteiger partial charge in [-0.1, -0.05) is 12.8 Å². The van der Waals surface area contributed by atoms with Crippen LogP contribution in [0, 0.1) is 11.8 Å². The van der Waals surface area contributed by atoms with Gasteiger partial charge < -0.3 is 15.0 Å². The molecule has 1 saturated carbocycles. The van der Waals surface area contributed by atoms with Gasteiger partial charge in [-0.3, -0.25) is 19.3 Å². The van der Waals surface area contributed by atoms with Gasteiger partial charge >= 0.3 is 5.97 Å². The minimum absolute atomic E-state index is 0.289. The van der Waals surface area contributed by atoms with Crippen LogP contribution >= 0.6 is 0 Å². The largest absolute Gasteiger partial charge is 0.454 e. The Kier molecular flexibility index (Phi) is 6.77. The summed E-state index contributed by atoms with van der Waals surface area (Å²) in [6, 6.07) is 6.57. The molecule has 3 amide bonds. The number of rotatable bonds is 6. The van der Waals surface area contributed by atoms with Crippen molar-refractivity contribution in [3.8, 4) is 0 Å². The molecule has 3 atom stereocenters. The van der Waals surface area contributed by atoms with E-state index in [4.69, 9.17) is 4.74 Å². The second-order valence-corrected chi connectivity index (χ2v) is 8.97. The van der Waals surface area contributed by atoms with E-state index in [0.717, 1.165) is 36.5 Å². The smallest absolute Gasteiger partial charge is 0.329 e. The number of esters is 1. The van der Waals surface area contributed by atoms with Crippen LogP contribution in [0.3, 0.4) is 0 Å². The average molecular weight is 442 g/mol. The highest BCUT2D eigenvalue weighted by atomic mass is 16.5. The maximum absolute atomic E-state index is 12.6. The molecular formula is C24H31N3O5. The predicted octanol–water partition coefficient (Wildman–Crippen LogP) is 2.72. The first-order chi connectivity index (χ1) is 15.5. The van der Waals surface area contributed by atoms with Crippen LogP contribution in [0.2, 0.25) is 0 Å². The van der Waals surface area contributed by atoms with Crippen LogP contribution in [-0.4, -0.2) is 54.3 Å². The summed E-state index contributed by atoms with van der Waals surface area (Å²) in [5.74, 6) is -2.43. The number of fused-ring (bicyclic) bond motifs is 1. The third-order valence-electron chi connectivity index (χ3n) is 6.82. The van der Waals surface area contributed by atoms with Gasteiger partial charge in [0.05, 0.1) is 11.8 Å². The standard InChI is InChI=1S/C24H31N3O5/c1-16(27-22(29)19-7-3-4-8-20(19)23(27)30)24(31)32-15-21(28)25-17-9-11-18(12-10-17)26-13-5-2-6-14-26/h9-12,16,19-20H,2-8,13-15H2,1H3,(H,25,28). The Morgan fingerprint density at radius 3 is 2.16 bits per heavy atom. The molecule has 172 valence electrons. The first kappa shape index (κ1) is 22.3. The van der Waals surface area contributed by atoms with Gasteiger partial charge in [-0.2, -0.15) is 0 Å². The lowest BCUT2D eigenvalue weighted by Gasteiger charge is -2.28. The molecule has 2 saturated heterocycles. The molecule has 3 aliphatic rings. The van der Waals surface area contributed by atoms with E-state index in [9.17, 15) is 19.2 Å². The van der Waals surface area contributed by atoms with E-state index >= 15 is 0 Å². The summed E-state index contributed by atoms with van der Waals surface area (Å²) in [7, 11) is 0. The van der Waals surface area contributed by atoms with Gasteiger partial charge in [0.2, 0.25) is 11.8 Å². The fourth-order valence-electron chi connectivity index (χ4n) is 5.04. The molecular weight excluding hydrogens is 410 g/mol. The summed E-state index contributed by atoms with van der Waals surface area (Å²) < 4.78 is 5.11. The lowest BCUT2D eigenvalue weighted by Crippen LogP contribution is -2.45. The molecule has 8 heteroatoms. The maximum atomic E-state index is 12.6. The number of nitrogens with zero attached hydrogens (tertiary/aromatic N) is 2. The second kappa shape index (κ2) is 9.71. The topological polar surface area (TPSA) is 96.0 Å². The van der Waals surface area contributed by atoms with Gasteiger partial charge in [-0.15, -0.1) is 0 Å². The van der Waals surface area contributed by atoms with Crippen molar-refractivity contribution in [3.63, 3.8) is 0 Å². The zero-order valence-electron chi connectivity index (χ0n) is 18.5. The third-order valence-corrected chi connectivity index (χ3v) is 6.82. The van der Waals surface area contributed by atoms with Crippen molar-refractivity contribution < 1.29 is 23.9 Å². The summed E-state index contributed by atoms with van der Waals surface area (Å²) in [4.78, 5) is 53.3. The van der Waals surface area contributed by atoms with Crippen molar-refractivity contribution in [2.24, 2.45) is 11.8 Å². The van der Waals surface area contributed by atoms with Gasteiger partial charge in [0.25, 0.3) is 5.91 Å². The summed E-state index contributed by atoms with van der Waals surface area (Å²) in [5.41, 5.74) is 1.75. The van der Waals surface area contributed by atoms with Crippen LogP contribution in [0.5, 0.6) is 0 Å². The summed E-state index contributed by atoms with van der Waals surface area (Å²) in [5, 5.41) is 2.71. The first-order valence-electron chi connectivity index (χ1n) is 11.6. The number of nitrogens with one attached hydrogen (secondary N) is 1. The third kappa shape index (κ3) is 4.64. The van der Waals surface area contributed by atoms with Crippen molar-refractivity contribution >= 4 is 35.1 Å². The number of likely N-dealkylation sites (tertiary alicyclic amines) is 1. The predicted molar refractivity (Wildman–Crippen MR) is 119 cm³/mol. The number of hydrogen-bond donors (Lipinski definition) is 1. The number of imide groups is 1. The molecule has 0 bridgehead atoms. The Bertz CT molecular complexity index is 854. The van der Waals surface area contributed by atoms with Crippen molar-refractivity contribution in [3.05, 3.63) is 24.3 Å². The molecule has 3 fully saturated rings. The molecule has 1 aliphatic carbocycles. The molecule has 3 unspecified atom stereocenters. The lowest BCUT2D eigenvalue weighted by atomic mass is 9.81. The van der Waals surface area contributed by atoms with Gasteiger partial charge in [0, 0.05) is 24.5 Å². The Labute approximate surface area is 188 Å². The van der Waals surface area contributed by atoms with E-state index in [1.807, 2.05) is 24.3 Å². The van der Waals surface area contributed by atoms with Gasteiger partial charge in [0.1, 0.15) is 6.04 Å². The van der Waals surface area contributed by atoms with Crippen LogP contribution in [0.4, 0.5) is 11.4 Å². The minimum atomic E-state index is -1.03. The number of benzene rings is 1. The Morgan fingerprint density at radius 2 is 1.56 bits per heavy atom. The van der Waals surface area contributed by atoms with Crippen molar-refractivity contribution in [1.29, 1.82) is 0 Å². The van der Waals surface area contributed by atoms with Crippen molar-refractivity contribution in [1.82, 2.24) is 4.90 Å². The number of anilines is 2. The quantitative estimate of drug-likeness (QED) is 0.539. The highest BCUT2D eigenvalue weighted by Crippen LogP contribution is 2.38. The summed E-state index contributed by atoms with van der Waals surface area (Å²) in [6.45, 7) is 3.10. The van der Waals surface area contributed by atoms with Gasteiger partial charge in [-0.25, -0.2) is 4.79 Å². The van der Waals surface area contributed by atoms with Crippen LogP contribution in [0.15, 0.2) is 24.3 Å². The van der Waals surface area contributed by atoms with E-state index in [-0.39, 0.29) is 23.7 Å². The molecule has 1 N–H and O–H groups in total. The highest BCUT2D eigenvalue weighted by Gasteiger charge is 2.51. The number of ether oxygens (including phenoxy) is 1. The number of hydrogen-bond acceptors (Lipinski definition) is 6. The summed E-state index contributed by atoms with van der Waals surface area (Å²) in [6.07, 6.45) is 6.87. The van der Waals surface area contributed by atoms with Crippen LogP contribution < -0.4 is 10.2 Å². The molecule has 2 aliphatic heterocycles. The maximum Gasteiger partial charge on any atom is 0.329 e. The SMILES string of the molecule is CC(C(=O)OCC(=O)Nc1ccc(N2CCCCC2)cc1)N1C(=O)C2CCCCC2C1=O. The summed E-state index contributed by atoms with van der Waals surface area (Å²) >= 11 is 0. The normalized spacial score (nSPS) is 24.2. The first-order valence-corrected chi connectivity index (χ1v) is 11.6. The molecule has 1 aromatic carbocycles. The zero-order chi connectivity index (χ0) is 22.7. The van der Waals surface area contributed by atoms with Crippen LogP contribution in [-0.2, 0) is 23.9 Å². The number of amides is 3.